The van der Waals surface area contributed by atoms with E-state index in [9.17, 15) is 26.8 Å². The molecule has 1 aliphatic carbocycles. The second kappa shape index (κ2) is 8.51. The Morgan fingerprint density at radius 3 is 2.73 bits per heavy atom. The van der Waals surface area contributed by atoms with Crippen molar-refractivity contribution in [1.29, 1.82) is 0 Å². The van der Waals surface area contributed by atoms with E-state index < -0.39 is 27.9 Å². The third-order valence-electron chi connectivity index (χ3n) is 6.20. The smallest absolute Gasteiger partial charge is 0.387 e. The molecule has 1 saturated heterocycles. The maximum atomic E-state index is 13.0. The van der Waals surface area contributed by atoms with E-state index in [4.69, 9.17) is 0 Å². The predicted octanol–water partition coefficient (Wildman–Crippen LogP) is 2.61. The van der Waals surface area contributed by atoms with Gasteiger partial charge in [0, 0.05) is 30.4 Å². The number of ether oxygens (including phenoxy) is 1. The first-order chi connectivity index (χ1) is 15.5. The van der Waals surface area contributed by atoms with Crippen LogP contribution in [0.2, 0.25) is 0 Å². The number of benzene rings is 1. The van der Waals surface area contributed by atoms with Gasteiger partial charge in [-0.1, -0.05) is 12.1 Å². The number of fused-ring (bicyclic) bond motifs is 1. The van der Waals surface area contributed by atoms with Gasteiger partial charge >= 0.3 is 6.61 Å². The molecule has 1 fully saturated rings. The molecule has 11 heteroatoms. The van der Waals surface area contributed by atoms with Gasteiger partial charge in [0.25, 0.3) is 0 Å². The molecule has 1 aromatic carbocycles. The number of nitrogens with one attached hydrogen (secondary N) is 1. The summed E-state index contributed by atoms with van der Waals surface area (Å²) in [6, 6.07) is 6.13. The van der Waals surface area contributed by atoms with Gasteiger partial charge in [0.05, 0.1) is 28.4 Å². The third-order valence-corrected chi connectivity index (χ3v) is 8.11. The molecule has 2 aromatic rings. The van der Waals surface area contributed by atoms with Crippen LogP contribution in [-0.2, 0) is 27.5 Å². The average molecular weight is 482 g/mol. The van der Waals surface area contributed by atoms with E-state index >= 15 is 0 Å². The number of carbonyl (C=O) groups excluding carboxylic acids is 2. The van der Waals surface area contributed by atoms with Gasteiger partial charge in [-0.15, -0.1) is 0 Å². The Kier molecular flexibility index (Phi) is 6.02. The van der Waals surface area contributed by atoms with Crippen LogP contribution in [0.5, 0.6) is 5.75 Å². The first-order valence-corrected chi connectivity index (χ1v) is 12.5. The molecule has 1 aliphatic heterocycles. The molecule has 0 saturated carbocycles. The van der Waals surface area contributed by atoms with Crippen molar-refractivity contribution in [3.8, 4) is 17.0 Å². The van der Waals surface area contributed by atoms with Crippen molar-refractivity contribution >= 4 is 21.7 Å². The molecule has 0 spiro atoms. The topological polar surface area (TPSA) is 107 Å². The minimum atomic E-state index is -3.17. The fourth-order valence-electron chi connectivity index (χ4n) is 4.66. The summed E-state index contributed by atoms with van der Waals surface area (Å²) in [5.74, 6) is -1.06. The van der Waals surface area contributed by atoms with Crippen LogP contribution in [0.25, 0.3) is 11.3 Å². The molecule has 2 heterocycles. The highest BCUT2D eigenvalue weighted by molar-refractivity contribution is 7.91. The highest BCUT2D eigenvalue weighted by atomic mass is 32.2. The Labute approximate surface area is 190 Å². The molecule has 33 heavy (non-hydrogen) atoms. The second-order valence-electron chi connectivity index (χ2n) is 8.94. The quantitative estimate of drug-likeness (QED) is 0.704. The molecule has 2 aliphatic rings. The molecule has 0 unspecified atom stereocenters. The summed E-state index contributed by atoms with van der Waals surface area (Å²) in [5.41, 5.74) is 1.63. The van der Waals surface area contributed by atoms with Gasteiger partial charge in [-0.05, 0) is 38.3 Å². The fraction of sp³-hybridized carbons (Fsp3) is 0.500. The molecule has 4 rings (SSSR count). The number of rotatable bonds is 5. The maximum absolute atomic E-state index is 13.0. The van der Waals surface area contributed by atoms with Crippen LogP contribution in [-0.4, -0.2) is 53.7 Å². The predicted molar refractivity (Wildman–Crippen MR) is 116 cm³/mol. The lowest BCUT2D eigenvalue weighted by molar-refractivity contribution is -0.126. The Hall–Kier alpha value is -2.82. The Bertz CT molecular complexity index is 1210. The number of hydrogen-bond acceptors (Lipinski definition) is 6. The number of halogens is 2. The second-order valence-corrected chi connectivity index (χ2v) is 11.1. The number of nitrogens with zero attached hydrogens (tertiary/aromatic N) is 2. The molecular weight excluding hydrogens is 456 g/mol. The minimum absolute atomic E-state index is 0.0125. The number of amides is 1. The van der Waals surface area contributed by atoms with Crippen LogP contribution in [0.3, 0.4) is 0 Å². The molecule has 0 bridgehead atoms. The lowest BCUT2D eigenvalue weighted by Gasteiger charge is -2.29. The third kappa shape index (κ3) is 4.92. The zero-order valence-corrected chi connectivity index (χ0v) is 19.1. The monoisotopic (exact) mass is 481 g/mol. The highest BCUT2D eigenvalue weighted by Gasteiger charge is 2.41. The lowest BCUT2D eigenvalue weighted by Crippen LogP contribution is -2.50. The van der Waals surface area contributed by atoms with Gasteiger partial charge in [0.15, 0.2) is 9.84 Å². The minimum Gasteiger partial charge on any atom is -0.435 e. The van der Waals surface area contributed by atoms with Crippen LogP contribution in [0.15, 0.2) is 24.3 Å². The fourth-order valence-corrected chi connectivity index (χ4v) is 6.75. The average Bonchev–Trinajstić information content (AvgIpc) is 3.24. The first-order valence-electron chi connectivity index (χ1n) is 10.7. The molecule has 0 radical (unpaired) electrons. The summed E-state index contributed by atoms with van der Waals surface area (Å²) in [6.45, 7) is 0.136. The zero-order valence-electron chi connectivity index (χ0n) is 18.3. The van der Waals surface area contributed by atoms with Crippen molar-refractivity contribution in [2.24, 2.45) is 5.92 Å². The van der Waals surface area contributed by atoms with E-state index in [0.717, 1.165) is 5.56 Å². The van der Waals surface area contributed by atoms with Crippen molar-refractivity contribution in [3.05, 3.63) is 35.5 Å². The van der Waals surface area contributed by atoms with E-state index in [-0.39, 0.29) is 35.5 Å². The first kappa shape index (κ1) is 23.3. The molecule has 178 valence electrons. The van der Waals surface area contributed by atoms with Gasteiger partial charge in [0.2, 0.25) is 11.8 Å². The van der Waals surface area contributed by atoms with Gasteiger partial charge < -0.3 is 10.1 Å². The summed E-state index contributed by atoms with van der Waals surface area (Å²) in [6.07, 6.45) is 1.59. The largest absolute Gasteiger partial charge is 0.435 e. The van der Waals surface area contributed by atoms with Gasteiger partial charge in [-0.2, -0.15) is 13.9 Å². The standard InChI is InChI=1S/C22H25F2N3O5S/c1-13(28)27-18-11-15(20(29)25-22(2)8-9-33(30,31)12-22)6-7-17(18)19(26-27)14-4-3-5-16(10-14)32-21(23)24/h3-5,10,15,21H,6-9,11-12H2,1-2H3,(H,25,29)/t15-,22+/m1/s1. The van der Waals surface area contributed by atoms with E-state index in [0.29, 0.717) is 36.2 Å². The molecule has 1 amide bonds. The number of aromatic nitrogens is 2. The summed E-state index contributed by atoms with van der Waals surface area (Å²) >= 11 is 0. The number of hydrogen-bond donors (Lipinski definition) is 1. The Morgan fingerprint density at radius 2 is 2.09 bits per heavy atom. The Morgan fingerprint density at radius 1 is 1.33 bits per heavy atom. The molecule has 8 nitrogen and oxygen atoms in total. The SMILES string of the molecule is CC(=O)n1nc(-c2cccc(OC(F)F)c2)c2c1C[C@H](C(=O)N[C@@]1(C)CCS(=O)(=O)C1)CC2. The summed E-state index contributed by atoms with van der Waals surface area (Å²) in [7, 11) is -3.17. The van der Waals surface area contributed by atoms with Crippen molar-refractivity contribution < 1.29 is 31.5 Å². The number of alkyl halides is 2. The van der Waals surface area contributed by atoms with Crippen molar-refractivity contribution in [2.45, 2.75) is 51.7 Å². The van der Waals surface area contributed by atoms with Crippen LogP contribution in [0, 0.1) is 5.92 Å². The van der Waals surface area contributed by atoms with Gasteiger partial charge in [-0.25, -0.2) is 13.1 Å². The van der Waals surface area contributed by atoms with Crippen LogP contribution in [0.4, 0.5) is 8.78 Å². The highest BCUT2D eigenvalue weighted by Crippen LogP contribution is 2.35. The summed E-state index contributed by atoms with van der Waals surface area (Å²) < 4.78 is 54.7. The number of carbonyl (C=O) groups is 2. The normalized spacial score (nSPS) is 23.8. The lowest BCUT2D eigenvalue weighted by atomic mass is 9.84. The van der Waals surface area contributed by atoms with Crippen molar-refractivity contribution in [1.82, 2.24) is 15.1 Å². The molecule has 1 aromatic heterocycles. The summed E-state index contributed by atoms with van der Waals surface area (Å²) in [5, 5.41) is 7.33. The van der Waals surface area contributed by atoms with Crippen molar-refractivity contribution in [2.75, 3.05) is 11.5 Å². The maximum Gasteiger partial charge on any atom is 0.387 e. The van der Waals surface area contributed by atoms with E-state index in [2.05, 4.69) is 15.2 Å². The number of sulfone groups is 1. The van der Waals surface area contributed by atoms with Crippen LogP contribution >= 0.6 is 0 Å². The van der Waals surface area contributed by atoms with E-state index in [1.54, 1.807) is 19.1 Å². The van der Waals surface area contributed by atoms with E-state index in [1.807, 2.05) is 0 Å². The van der Waals surface area contributed by atoms with Crippen LogP contribution in [0.1, 0.15) is 42.7 Å². The van der Waals surface area contributed by atoms with Crippen molar-refractivity contribution in [3.63, 3.8) is 0 Å². The van der Waals surface area contributed by atoms with Crippen LogP contribution < -0.4 is 10.1 Å². The zero-order chi connectivity index (χ0) is 24.0. The van der Waals surface area contributed by atoms with Gasteiger partial charge in [-0.3, -0.25) is 9.59 Å². The summed E-state index contributed by atoms with van der Waals surface area (Å²) in [4.78, 5) is 25.2. The van der Waals surface area contributed by atoms with Gasteiger partial charge in [0.1, 0.15) is 5.75 Å². The molecule has 1 N–H and O–H groups in total. The molecule has 2 atom stereocenters. The molecular formula is C22H25F2N3O5S. The Balaban J connectivity index is 1.60. The van der Waals surface area contributed by atoms with E-state index in [1.165, 1.54) is 23.7 Å².